The van der Waals surface area contributed by atoms with Crippen molar-refractivity contribution >= 4 is 16.6 Å². The van der Waals surface area contributed by atoms with Crippen molar-refractivity contribution in [2.24, 2.45) is 5.92 Å². The second-order valence-corrected chi connectivity index (χ2v) is 7.38. The number of aromatic nitrogens is 3. The topological polar surface area (TPSA) is 67.5 Å². The molecular weight excluding hydrogens is 342 g/mol. The molecule has 5 rings (SSSR count). The third-order valence-electron chi connectivity index (χ3n) is 5.34. The second kappa shape index (κ2) is 7.15. The first-order chi connectivity index (χ1) is 13.3. The lowest BCUT2D eigenvalue weighted by Gasteiger charge is -2.35. The molecule has 0 radical (unpaired) electrons. The van der Waals surface area contributed by atoms with Crippen LogP contribution in [0.4, 0.5) is 5.69 Å². The first-order valence-corrected chi connectivity index (χ1v) is 9.59. The Bertz CT molecular complexity index is 902. The Labute approximate surface area is 157 Å². The van der Waals surface area contributed by atoms with Gasteiger partial charge in [0.1, 0.15) is 6.33 Å². The van der Waals surface area contributed by atoms with Gasteiger partial charge in [0.25, 0.3) is 0 Å². The van der Waals surface area contributed by atoms with E-state index in [1.54, 1.807) is 12.5 Å². The highest BCUT2D eigenvalue weighted by Gasteiger charge is 2.23. The number of fused-ring (bicyclic) bond motifs is 1. The Morgan fingerprint density at radius 3 is 2.74 bits per heavy atom. The van der Waals surface area contributed by atoms with E-state index < -0.39 is 0 Å². The maximum atomic E-state index is 5.97. The van der Waals surface area contributed by atoms with E-state index in [0.29, 0.717) is 11.8 Å². The van der Waals surface area contributed by atoms with E-state index in [9.17, 15) is 0 Å². The third-order valence-corrected chi connectivity index (χ3v) is 5.34. The number of rotatable bonds is 6. The maximum absolute atomic E-state index is 5.97. The summed E-state index contributed by atoms with van der Waals surface area (Å²) in [5, 5.41) is 4.78. The summed E-state index contributed by atoms with van der Waals surface area (Å²) in [6.45, 7) is 5.52. The van der Waals surface area contributed by atoms with Crippen LogP contribution in [0.5, 0.6) is 5.88 Å². The zero-order valence-corrected chi connectivity index (χ0v) is 15.3. The number of piperazine rings is 1. The van der Waals surface area contributed by atoms with Gasteiger partial charge < -0.3 is 14.2 Å². The van der Waals surface area contributed by atoms with Gasteiger partial charge in [-0.2, -0.15) is 0 Å². The van der Waals surface area contributed by atoms with E-state index in [1.807, 2.05) is 6.07 Å². The quantitative estimate of drug-likeness (QED) is 0.665. The average molecular weight is 365 g/mol. The molecule has 1 saturated carbocycles. The Balaban J connectivity index is 1.29. The van der Waals surface area contributed by atoms with Crippen molar-refractivity contribution in [3.05, 3.63) is 42.5 Å². The molecule has 7 nitrogen and oxygen atoms in total. The minimum atomic E-state index is 0.704. The molecule has 1 aromatic carbocycles. The number of ether oxygens (including phenoxy) is 1. The molecule has 0 spiro atoms. The van der Waals surface area contributed by atoms with Crippen LogP contribution in [0.3, 0.4) is 0 Å². The zero-order valence-electron chi connectivity index (χ0n) is 15.3. The van der Waals surface area contributed by atoms with Gasteiger partial charge in [0.05, 0.1) is 30.3 Å². The molecule has 2 aromatic heterocycles. The van der Waals surface area contributed by atoms with E-state index in [1.165, 1.54) is 18.5 Å². The molecule has 0 bridgehead atoms. The summed E-state index contributed by atoms with van der Waals surface area (Å²) in [5.41, 5.74) is 2.14. The van der Waals surface area contributed by atoms with Crippen LogP contribution in [0.25, 0.3) is 10.9 Å². The van der Waals surface area contributed by atoms with E-state index in [2.05, 4.69) is 43.1 Å². The minimum Gasteiger partial charge on any atom is -0.477 e. The Morgan fingerprint density at radius 1 is 1.07 bits per heavy atom. The Morgan fingerprint density at radius 2 is 1.96 bits per heavy atom. The van der Waals surface area contributed by atoms with E-state index in [-0.39, 0.29) is 0 Å². The second-order valence-electron chi connectivity index (χ2n) is 7.38. The predicted molar refractivity (Wildman–Crippen MR) is 102 cm³/mol. The van der Waals surface area contributed by atoms with Gasteiger partial charge in [-0.05, 0) is 37.0 Å². The lowest BCUT2D eigenvalue weighted by molar-refractivity contribution is 0.220. The van der Waals surface area contributed by atoms with Crippen molar-refractivity contribution in [1.29, 1.82) is 0 Å². The Kier molecular flexibility index (Phi) is 4.37. The largest absolute Gasteiger partial charge is 0.477 e. The van der Waals surface area contributed by atoms with Gasteiger partial charge in [-0.25, -0.2) is 9.97 Å². The number of benzene rings is 1. The van der Waals surface area contributed by atoms with Crippen LogP contribution in [0.15, 0.2) is 41.3 Å². The fraction of sp³-hybridized carbons (Fsp3) is 0.450. The van der Waals surface area contributed by atoms with Gasteiger partial charge in [-0.1, -0.05) is 5.16 Å². The van der Waals surface area contributed by atoms with Crippen molar-refractivity contribution < 1.29 is 9.26 Å². The molecular formula is C20H23N5O2. The lowest BCUT2D eigenvalue weighted by Crippen LogP contribution is -2.45. The molecule has 7 heteroatoms. The molecule has 0 amide bonds. The molecule has 1 aliphatic carbocycles. The average Bonchev–Trinajstić information content (AvgIpc) is 3.41. The van der Waals surface area contributed by atoms with Gasteiger partial charge in [0.15, 0.2) is 5.76 Å². The van der Waals surface area contributed by atoms with Crippen molar-refractivity contribution in [1.82, 2.24) is 20.0 Å². The molecule has 1 saturated heterocycles. The number of hydrogen-bond donors (Lipinski definition) is 0. The van der Waals surface area contributed by atoms with Gasteiger partial charge in [0.2, 0.25) is 5.88 Å². The molecule has 3 heterocycles. The molecule has 0 N–H and O–H groups in total. The molecule has 3 aromatic rings. The van der Waals surface area contributed by atoms with Crippen LogP contribution in [-0.2, 0) is 6.54 Å². The van der Waals surface area contributed by atoms with E-state index in [4.69, 9.17) is 9.26 Å². The molecule has 0 atom stereocenters. The summed E-state index contributed by atoms with van der Waals surface area (Å²) in [6.07, 6.45) is 5.83. The summed E-state index contributed by atoms with van der Waals surface area (Å²) in [6, 6.07) is 8.31. The molecule has 0 unspecified atom stereocenters. The highest BCUT2D eigenvalue weighted by molar-refractivity contribution is 5.86. The highest BCUT2D eigenvalue weighted by atomic mass is 16.5. The van der Waals surface area contributed by atoms with Gasteiger partial charge in [-0.15, -0.1) is 0 Å². The maximum Gasteiger partial charge on any atom is 0.224 e. The zero-order chi connectivity index (χ0) is 18.1. The van der Waals surface area contributed by atoms with Crippen molar-refractivity contribution in [3.8, 4) is 5.88 Å². The standard InChI is InChI=1S/C20H23N5O2/c1-2-15(1)13-26-20-18-11-16(3-4-19(18)21-14-22-20)25-9-7-24(8-10-25)12-17-5-6-23-27-17/h3-6,11,14-15H,1-2,7-10,12-13H2. The molecule has 140 valence electrons. The summed E-state index contributed by atoms with van der Waals surface area (Å²) in [7, 11) is 0. The first kappa shape index (κ1) is 16.5. The summed E-state index contributed by atoms with van der Waals surface area (Å²) >= 11 is 0. The minimum absolute atomic E-state index is 0.704. The van der Waals surface area contributed by atoms with Crippen LogP contribution >= 0.6 is 0 Å². The number of anilines is 1. The lowest BCUT2D eigenvalue weighted by atomic mass is 10.2. The van der Waals surface area contributed by atoms with Crippen LogP contribution in [0, 0.1) is 5.92 Å². The third kappa shape index (κ3) is 3.73. The van der Waals surface area contributed by atoms with Gasteiger partial charge in [0, 0.05) is 37.9 Å². The smallest absolute Gasteiger partial charge is 0.224 e. The molecule has 1 aliphatic heterocycles. The molecule has 27 heavy (non-hydrogen) atoms. The van der Waals surface area contributed by atoms with Crippen LogP contribution in [0.1, 0.15) is 18.6 Å². The van der Waals surface area contributed by atoms with Crippen molar-refractivity contribution in [3.63, 3.8) is 0 Å². The first-order valence-electron chi connectivity index (χ1n) is 9.59. The van der Waals surface area contributed by atoms with Crippen LogP contribution in [0.2, 0.25) is 0 Å². The summed E-state index contributed by atoms with van der Waals surface area (Å²) in [4.78, 5) is 13.6. The predicted octanol–water partition coefficient (Wildman–Crippen LogP) is 2.73. The number of nitrogens with zero attached hydrogens (tertiary/aromatic N) is 5. The summed E-state index contributed by atoms with van der Waals surface area (Å²) < 4.78 is 11.2. The van der Waals surface area contributed by atoms with Crippen LogP contribution < -0.4 is 9.64 Å². The highest BCUT2D eigenvalue weighted by Crippen LogP contribution is 2.32. The van der Waals surface area contributed by atoms with Gasteiger partial charge in [-0.3, -0.25) is 4.90 Å². The van der Waals surface area contributed by atoms with Crippen molar-refractivity contribution in [2.45, 2.75) is 19.4 Å². The number of hydrogen-bond acceptors (Lipinski definition) is 7. The van der Waals surface area contributed by atoms with Crippen LogP contribution in [-0.4, -0.2) is 52.8 Å². The normalized spacial score (nSPS) is 18.1. The van der Waals surface area contributed by atoms with E-state index >= 15 is 0 Å². The molecule has 2 fully saturated rings. The monoisotopic (exact) mass is 365 g/mol. The van der Waals surface area contributed by atoms with Crippen molar-refractivity contribution in [2.75, 3.05) is 37.7 Å². The SMILES string of the molecule is c1cc(CN2CCN(c3ccc4ncnc(OCC5CC5)c4c3)CC2)on1. The van der Waals surface area contributed by atoms with E-state index in [0.717, 1.165) is 56.0 Å². The van der Waals surface area contributed by atoms with Gasteiger partial charge >= 0.3 is 0 Å². The fourth-order valence-corrected chi connectivity index (χ4v) is 3.52. The molecule has 2 aliphatic rings. The fourth-order valence-electron chi connectivity index (χ4n) is 3.52. The summed E-state index contributed by atoms with van der Waals surface area (Å²) in [5.74, 6) is 2.33. The Hall–Kier alpha value is -2.67.